The van der Waals surface area contributed by atoms with Crippen molar-refractivity contribution in [2.45, 2.75) is 6.04 Å². The van der Waals surface area contributed by atoms with Crippen LogP contribution in [0.15, 0.2) is 67.3 Å². The van der Waals surface area contributed by atoms with Gasteiger partial charge in [0.05, 0.1) is 32.1 Å². The Morgan fingerprint density at radius 1 is 1.10 bits per heavy atom. The molecule has 2 aromatic rings. The van der Waals surface area contributed by atoms with Crippen LogP contribution in [0.25, 0.3) is 0 Å². The van der Waals surface area contributed by atoms with Gasteiger partial charge in [-0.05, 0) is 17.7 Å². The topological polar surface area (TPSA) is 30.5 Å². The molecule has 0 heterocycles. The van der Waals surface area contributed by atoms with Crippen LogP contribution >= 0.6 is 0 Å². The van der Waals surface area contributed by atoms with Gasteiger partial charge >= 0.3 is 0 Å². The first-order valence-corrected chi connectivity index (χ1v) is 6.98. The second kappa shape index (κ2) is 8.12. The molecule has 3 heteroatoms. The minimum absolute atomic E-state index is 0.0578. The second-order valence-corrected chi connectivity index (χ2v) is 4.63. The smallest absolute Gasteiger partial charge is 0.141 e. The summed E-state index contributed by atoms with van der Waals surface area (Å²) < 4.78 is 11.0. The van der Waals surface area contributed by atoms with Crippen molar-refractivity contribution in [1.82, 2.24) is 0 Å². The van der Waals surface area contributed by atoms with Gasteiger partial charge in [-0.2, -0.15) is 0 Å². The van der Waals surface area contributed by atoms with E-state index in [9.17, 15) is 0 Å². The zero-order chi connectivity index (χ0) is 14.9. The molecule has 2 aromatic carbocycles. The SMILES string of the molecule is C=CCOC[C@@H](Nc1ccccc1OC)c1ccccc1. The van der Waals surface area contributed by atoms with E-state index in [0.717, 1.165) is 11.4 Å². The van der Waals surface area contributed by atoms with Crippen LogP contribution in [0, 0.1) is 0 Å². The number of rotatable bonds is 8. The molecule has 0 aliphatic heterocycles. The minimum atomic E-state index is 0.0578. The van der Waals surface area contributed by atoms with Gasteiger partial charge in [0.15, 0.2) is 0 Å². The van der Waals surface area contributed by atoms with Gasteiger partial charge in [0.25, 0.3) is 0 Å². The molecule has 0 saturated carbocycles. The van der Waals surface area contributed by atoms with Crippen LogP contribution in [-0.4, -0.2) is 20.3 Å². The number of nitrogens with one attached hydrogen (secondary N) is 1. The average molecular weight is 283 g/mol. The van der Waals surface area contributed by atoms with E-state index in [4.69, 9.17) is 9.47 Å². The van der Waals surface area contributed by atoms with Crippen LogP contribution in [0.5, 0.6) is 5.75 Å². The van der Waals surface area contributed by atoms with Crippen molar-refractivity contribution in [3.63, 3.8) is 0 Å². The highest BCUT2D eigenvalue weighted by Gasteiger charge is 2.13. The normalized spacial score (nSPS) is 11.7. The fraction of sp³-hybridized carbons (Fsp3) is 0.222. The summed E-state index contributed by atoms with van der Waals surface area (Å²) in [6, 6.07) is 18.2. The molecule has 0 aliphatic carbocycles. The summed E-state index contributed by atoms with van der Waals surface area (Å²) in [5.41, 5.74) is 2.13. The minimum Gasteiger partial charge on any atom is -0.495 e. The quantitative estimate of drug-likeness (QED) is 0.585. The standard InChI is InChI=1S/C18H21NO2/c1-3-13-21-14-17(15-9-5-4-6-10-15)19-16-11-7-8-12-18(16)20-2/h3-12,17,19H,1,13-14H2,2H3/t17-/m1/s1. The number of methoxy groups -OCH3 is 1. The molecular formula is C18H21NO2. The maximum atomic E-state index is 5.62. The van der Waals surface area contributed by atoms with Gasteiger partial charge in [-0.1, -0.05) is 48.5 Å². The third-order valence-electron chi connectivity index (χ3n) is 3.16. The van der Waals surface area contributed by atoms with Gasteiger partial charge < -0.3 is 14.8 Å². The monoisotopic (exact) mass is 283 g/mol. The van der Waals surface area contributed by atoms with Crippen molar-refractivity contribution in [3.05, 3.63) is 72.8 Å². The number of para-hydroxylation sites is 2. The van der Waals surface area contributed by atoms with E-state index >= 15 is 0 Å². The Balaban J connectivity index is 2.17. The van der Waals surface area contributed by atoms with E-state index < -0.39 is 0 Å². The highest BCUT2D eigenvalue weighted by Crippen LogP contribution is 2.28. The maximum Gasteiger partial charge on any atom is 0.141 e. The van der Waals surface area contributed by atoms with Crippen LogP contribution in [0.3, 0.4) is 0 Å². The maximum absolute atomic E-state index is 5.62. The van der Waals surface area contributed by atoms with Crippen molar-refractivity contribution in [1.29, 1.82) is 0 Å². The molecule has 0 aromatic heterocycles. The molecule has 0 unspecified atom stereocenters. The summed E-state index contributed by atoms with van der Waals surface area (Å²) in [6.45, 7) is 4.78. The van der Waals surface area contributed by atoms with E-state index in [2.05, 4.69) is 24.0 Å². The zero-order valence-electron chi connectivity index (χ0n) is 12.3. The van der Waals surface area contributed by atoms with Crippen molar-refractivity contribution in [3.8, 4) is 5.75 Å². The van der Waals surface area contributed by atoms with E-state index in [1.54, 1.807) is 13.2 Å². The number of ether oxygens (including phenoxy) is 2. The fourth-order valence-corrected chi connectivity index (χ4v) is 2.13. The molecule has 0 spiro atoms. The lowest BCUT2D eigenvalue weighted by atomic mass is 10.1. The van der Waals surface area contributed by atoms with Crippen LogP contribution in [0.1, 0.15) is 11.6 Å². The first kappa shape index (κ1) is 15.1. The van der Waals surface area contributed by atoms with Crippen LogP contribution in [0.2, 0.25) is 0 Å². The first-order chi connectivity index (χ1) is 10.3. The molecule has 0 aliphatic rings. The number of benzene rings is 2. The predicted molar refractivity (Wildman–Crippen MR) is 86.8 cm³/mol. The molecule has 2 rings (SSSR count). The number of hydrogen-bond acceptors (Lipinski definition) is 3. The lowest BCUT2D eigenvalue weighted by molar-refractivity contribution is 0.152. The summed E-state index contributed by atoms with van der Waals surface area (Å²) in [4.78, 5) is 0. The highest BCUT2D eigenvalue weighted by molar-refractivity contribution is 5.57. The molecule has 0 radical (unpaired) electrons. The van der Waals surface area contributed by atoms with Gasteiger partial charge in [-0.25, -0.2) is 0 Å². The molecule has 0 amide bonds. The van der Waals surface area contributed by atoms with Gasteiger partial charge in [0.2, 0.25) is 0 Å². The van der Waals surface area contributed by atoms with Gasteiger partial charge in [0.1, 0.15) is 5.75 Å². The molecule has 3 nitrogen and oxygen atoms in total. The first-order valence-electron chi connectivity index (χ1n) is 6.98. The Labute approximate surface area is 126 Å². The van der Waals surface area contributed by atoms with E-state index in [-0.39, 0.29) is 6.04 Å². The molecular weight excluding hydrogens is 262 g/mol. The predicted octanol–water partition coefficient (Wildman–Crippen LogP) is 4.05. The fourth-order valence-electron chi connectivity index (χ4n) is 2.13. The second-order valence-electron chi connectivity index (χ2n) is 4.63. The molecule has 0 fully saturated rings. The Hall–Kier alpha value is -2.26. The zero-order valence-corrected chi connectivity index (χ0v) is 12.3. The highest BCUT2D eigenvalue weighted by atomic mass is 16.5. The third-order valence-corrected chi connectivity index (χ3v) is 3.16. The molecule has 1 atom stereocenters. The van der Waals surface area contributed by atoms with Crippen molar-refractivity contribution >= 4 is 5.69 Å². The van der Waals surface area contributed by atoms with Gasteiger partial charge in [-0.3, -0.25) is 0 Å². The number of hydrogen-bond donors (Lipinski definition) is 1. The summed E-state index contributed by atoms with van der Waals surface area (Å²) in [5, 5.41) is 3.49. The summed E-state index contributed by atoms with van der Waals surface area (Å²) in [7, 11) is 1.67. The molecule has 0 saturated heterocycles. The Bertz CT molecular complexity index is 554. The molecule has 0 bridgehead atoms. The van der Waals surface area contributed by atoms with Gasteiger partial charge in [-0.15, -0.1) is 6.58 Å². The van der Waals surface area contributed by atoms with Crippen molar-refractivity contribution in [2.24, 2.45) is 0 Å². The lowest BCUT2D eigenvalue weighted by Gasteiger charge is -2.21. The van der Waals surface area contributed by atoms with Gasteiger partial charge in [0, 0.05) is 0 Å². The molecule has 1 N–H and O–H groups in total. The largest absolute Gasteiger partial charge is 0.495 e. The summed E-state index contributed by atoms with van der Waals surface area (Å²) >= 11 is 0. The Kier molecular flexibility index (Phi) is 5.85. The lowest BCUT2D eigenvalue weighted by Crippen LogP contribution is -2.17. The average Bonchev–Trinajstić information content (AvgIpc) is 2.55. The van der Waals surface area contributed by atoms with Crippen LogP contribution in [-0.2, 0) is 4.74 Å². The van der Waals surface area contributed by atoms with E-state index in [0.29, 0.717) is 13.2 Å². The van der Waals surface area contributed by atoms with E-state index in [1.165, 1.54) is 5.56 Å². The third kappa shape index (κ3) is 4.36. The van der Waals surface area contributed by atoms with Crippen molar-refractivity contribution in [2.75, 3.05) is 25.6 Å². The Morgan fingerprint density at radius 2 is 1.81 bits per heavy atom. The number of anilines is 1. The molecule has 110 valence electrons. The van der Waals surface area contributed by atoms with Crippen LogP contribution < -0.4 is 10.1 Å². The summed E-state index contributed by atoms with van der Waals surface area (Å²) in [6.07, 6.45) is 1.76. The Morgan fingerprint density at radius 3 is 2.52 bits per heavy atom. The molecule has 21 heavy (non-hydrogen) atoms. The summed E-state index contributed by atoms with van der Waals surface area (Å²) in [5.74, 6) is 0.821. The van der Waals surface area contributed by atoms with Crippen LogP contribution in [0.4, 0.5) is 5.69 Å². The van der Waals surface area contributed by atoms with Crippen molar-refractivity contribution < 1.29 is 9.47 Å². The van der Waals surface area contributed by atoms with E-state index in [1.807, 2.05) is 42.5 Å².